The summed E-state index contributed by atoms with van der Waals surface area (Å²) in [4.78, 5) is 16.1. The second kappa shape index (κ2) is 11.1. The number of aliphatic imine (C=N–C) groups is 1. The minimum atomic E-state index is 0. The van der Waals surface area contributed by atoms with Crippen LogP contribution in [-0.4, -0.2) is 31.6 Å². The van der Waals surface area contributed by atoms with Gasteiger partial charge in [0.2, 0.25) is 5.91 Å². The lowest BCUT2D eigenvalue weighted by molar-refractivity contribution is -0.121. The number of ether oxygens (including phenoxy) is 1. The van der Waals surface area contributed by atoms with Crippen molar-refractivity contribution in [1.29, 1.82) is 0 Å². The highest BCUT2D eigenvalue weighted by atomic mass is 127. The number of nitrogens with zero attached hydrogens (tertiary/aromatic N) is 1. The van der Waals surface area contributed by atoms with Gasteiger partial charge in [0.1, 0.15) is 5.75 Å². The molecule has 0 aromatic heterocycles. The van der Waals surface area contributed by atoms with E-state index in [9.17, 15) is 4.79 Å². The molecule has 0 atom stereocenters. The van der Waals surface area contributed by atoms with Crippen LogP contribution in [-0.2, 0) is 4.79 Å². The van der Waals surface area contributed by atoms with E-state index < -0.39 is 0 Å². The van der Waals surface area contributed by atoms with Crippen molar-refractivity contribution < 1.29 is 9.53 Å². The van der Waals surface area contributed by atoms with E-state index in [4.69, 9.17) is 10.5 Å². The first-order valence-corrected chi connectivity index (χ1v) is 8.18. The van der Waals surface area contributed by atoms with Gasteiger partial charge in [-0.2, -0.15) is 0 Å². The van der Waals surface area contributed by atoms with E-state index >= 15 is 0 Å². The number of hydrogen-bond acceptors (Lipinski definition) is 3. The molecule has 0 bridgehead atoms. The summed E-state index contributed by atoms with van der Waals surface area (Å²) in [5.41, 5.74) is 6.65. The molecule has 1 fully saturated rings. The number of benzene rings is 1. The Kier molecular flexibility index (Phi) is 9.51. The van der Waals surface area contributed by atoms with E-state index in [1.165, 1.54) is 19.3 Å². The van der Waals surface area contributed by atoms with Gasteiger partial charge in [0.15, 0.2) is 5.96 Å². The van der Waals surface area contributed by atoms with Crippen molar-refractivity contribution in [2.24, 2.45) is 10.7 Å². The van der Waals surface area contributed by atoms with Gasteiger partial charge in [0.25, 0.3) is 0 Å². The van der Waals surface area contributed by atoms with Gasteiger partial charge in [-0.1, -0.05) is 19.3 Å². The summed E-state index contributed by atoms with van der Waals surface area (Å²) >= 11 is 0. The lowest BCUT2D eigenvalue weighted by atomic mass is 9.95. The number of guanidine groups is 1. The smallest absolute Gasteiger partial charge is 0.222 e. The lowest BCUT2D eigenvalue weighted by Crippen LogP contribution is -2.36. The first kappa shape index (κ1) is 20.5. The summed E-state index contributed by atoms with van der Waals surface area (Å²) in [5, 5.41) is 6.06. The summed E-state index contributed by atoms with van der Waals surface area (Å²) in [6.45, 7) is 0.382. The molecule has 4 N–H and O–H groups in total. The molecule has 0 unspecified atom stereocenters. The highest BCUT2D eigenvalue weighted by Crippen LogP contribution is 2.17. The fraction of sp³-hybridized carbons (Fsp3) is 0.529. The molecule has 0 heterocycles. The van der Waals surface area contributed by atoms with E-state index in [1.54, 1.807) is 7.11 Å². The summed E-state index contributed by atoms with van der Waals surface area (Å²) in [5.74, 6) is 1.14. The Bertz CT molecular complexity index is 528. The highest BCUT2D eigenvalue weighted by Gasteiger charge is 2.15. The fourth-order valence-electron chi connectivity index (χ4n) is 2.69. The maximum Gasteiger partial charge on any atom is 0.222 e. The zero-order valence-corrected chi connectivity index (χ0v) is 16.4. The standard InChI is InChI=1S/C17H26N4O2.HI/c1-23-15-9-7-14(8-10-15)21-17(18)19-12-11-16(22)20-13-5-3-2-4-6-13;/h7-10,13H,2-6,11-12H2,1H3,(H,20,22)(H3,18,19,21);1H. The number of hydrogen-bond donors (Lipinski definition) is 3. The number of nitrogens with one attached hydrogen (secondary N) is 2. The molecule has 2 rings (SSSR count). The molecule has 1 saturated carbocycles. The average Bonchev–Trinajstić information content (AvgIpc) is 2.56. The van der Waals surface area contributed by atoms with Gasteiger partial charge in [-0.25, -0.2) is 0 Å². The summed E-state index contributed by atoms with van der Waals surface area (Å²) in [7, 11) is 1.62. The van der Waals surface area contributed by atoms with Crippen LogP contribution >= 0.6 is 24.0 Å². The lowest BCUT2D eigenvalue weighted by Gasteiger charge is -2.22. The van der Waals surface area contributed by atoms with Gasteiger partial charge in [-0.3, -0.25) is 9.79 Å². The molecule has 0 radical (unpaired) electrons. The molecule has 1 aliphatic carbocycles. The van der Waals surface area contributed by atoms with E-state index in [0.29, 0.717) is 25.0 Å². The monoisotopic (exact) mass is 446 g/mol. The van der Waals surface area contributed by atoms with Gasteiger partial charge in [-0.05, 0) is 37.1 Å². The van der Waals surface area contributed by atoms with Crippen molar-refractivity contribution in [3.63, 3.8) is 0 Å². The third-order valence-corrected chi connectivity index (χ3v) is 3.95. The van der Waals surface area contributed by atoms with Crippen LogP contribution in [0.4, 0.5) is 5.69 Å². The molecule has 24 heavy (non-hydrogen) atoms. The SMILES string of the molecule is COc1ccc(NC(N)=NCCC(=O)NC2CCCCC2)cc1.I. The van der Waals surface area contributed by atoms with Crippen LogP contribution in [0.15, 0.2) is 29.3 Å². The predicted molar refractivity (Wildman–Crippen MR) is 108 cm³/mol. The Balaban J connectivity index is 0.00000288. The topological polar surface area (TPSA) is 88.7 Å². The van der Waals surface area contributed by atoms with Gasteiger partial charge in [0, 0.05) is 18.2 Å². The predicted octanol–water partition coefficient (Wildman–Crippen LogP) is 2.88. The van der Waals surface area contributed by atoms with Crippen molar-refractivity contribution in [2.45, 2.75) is 44.6 Å². The molecule has 6 nitrogen and oxygen atoms in total. The van der Waals surface area contributed by atoms with Crippen molar-refractivity contribution in [3.05, 3.63) is 24.3 Å². The first-order chi connectivity index (χ1) is 11.2. The van der Waals surface area contributed by atoms with Crippen LogP contribution in [0.2, 0.25) is 0 Å². The van der Waals surface area contributed by atoms with Gasteiger partial charge in [0.05, 0.1) is 13.7 Å². The number of amides is 1. The van der Waals surface area contributed by atoms with E-state index in [1.807, 2.05) is 24.3 Å². The Morgan fingerprint density at radius 3 is 2.54 bits per heavy atom. The molecule has 7 heteroatoms. The first-order valence-electron chi connectivity index (χ1n) is 8.18. The third kappa shape index (κ3) is 7.37. The summed E-state index contributed by atoms with van der Waals surface area (Å²) in [6, 6.07) is 7.74. The minimum absolute atomic E-state index is 0. The number of methoxy groups -OCH3 is 1. The average molecular weight is 446 g/mol. The largest absolute Gasteiger partial charge is 0.497 e. The number of anilines is 1. The van der Waals surface area contributed by atoms with Crippen molar-refractivity contribution in [2.75, 3.05) is 19.0 Å². The van der Waals surface area contributed by atoms with Crippen LogP contribution in [0.1, 0.15) is 38.5 Å². The van der Waals surface area contributed by atoms with Crippen molar-refractivity contribution >= 4 is 41.5 Å². The maximum absolute atomic E-state index is 11.9. The molecule has 0 saturated heterocycles. The second-order valence-corrected chi connectivity index (χ2v) is 5.77. The Morgan fingerprint density at radius 2 is 1.92 bits per heavy atom. The highest BCUT2D eigenvalue weighted by molar-refractivity contribution is 14.0. The Hall–Kier alpha value is -1.51. The van der Waals surface area contributed by atoms with Crippen LogP contribution in [0.25, 0.3) is 0 Å². The Labute approximate surface area is 160 Å². The molecular weight excluding hydrogens is 419 g/mol. The number of carbonyl (C=O) groups excluding carboxylic acids is 1. The van der Waals surface area contributed by atoms with Crippen LogP contribution in [0.3, 0.4) is 0 Å². The maximum atomic E-state index is 11.9. The minimum Gasteiger partial charge on any atom is -0.497 e. The summed E-state index contributed by atoms with van der Waals surface area (Å²) in [6.07, 6.45) is 6.25. The summed E-state index contributed by atoms with van der Waals surface area (Å²) < 4.78 is 5.09. The zero-order valence-electron chi connectivity index (χ0n) is 14.1. The number of nitrogens with two attached hydrogens (primary N) is 1. The molecule has 1 aliphatic rings. The van der Waals surface area contributed by atoms with Crippen molar-refractivity contribution in [1.82, 2.24) is 5.32 Å². The molecule has 134 valence electrons. The van der Waals surface area contributed by atoms with Gasteiger partial charge in [-0.15, -0.1) is 24.0 Å². The quantitative estimate of drug-likeness (QED) is 0.356. The van der Waals surface area contributed by atoms with Gasteiger partial charge < -0.3 is 21.1 Å². The molecular formula is C17H27IN4O2. The van der Waals surface area contributed by atoms with Gasteiger partial charge >= 0.3 is 0 Å². The fourth-order valence-corrected chi connectivity index (χ4v) is 2.69. The molecule has 0 spiro atoms. The number of halogens is 1. The van der Waals surface area contributed by atoms with Crippen LogP contribution in [0, 0.1) is 0 Å². The third-order valence-electron chi connectivity index (χ3n) is 3.95. The van der Waals surface area contributed by atoms with Crippen LogP contribution < -0.4 is 21.1 Å². The zero-order chi connectivity index (χ0) is 16.5. The Morgan fingerprint density at radius 1 is 1.25 bits per heavy atom. The number of carbonyl (C=O) groups is 1. The number of rotatable bonds is 6. The van der Waals surface area contributed by atoms with E-state index in [2.05, 4.69) is 15.6 Å². The molecule has 1 aromatic rings. The van der Waals surface area contributed by atoms with Crippen molar-refractivity contribution in [3.8, 4) is 5.75 Å². The van der Waals surface area contributed by atoms with E-state index in [-0.39, 0.29) is 29.9 Å². The van der Waals surface area contributed by atoms with Crippen LogP contribution in [0.5, 0.6) is 5.75 Å². The molecule has 1 aromatic carbocycles. The van der Waals surface area contributed by atoms with E-state index in [0.717, 1.165) is 24.3 Å². The normalized spacial score (nSPS) is 15.3. The second-order valence-electron chi connectivity index (χ2n) is 5.77. The molecule has 1 amide bonds. The molecule has 0 aliphatic heterocycles.